The first kappa shape index (κ1) is 28.9. The summed E-state index contributed by atoms with van der Waals surface area (Å²) in [6, 6.07) is 45.7. The zero-order valence-electron chi connectivity index (χ0n) is 25.3. The van der Waals surface area contributed by atoms with E-state index in [1.165, 1.54) is 11.1 Å². The van der Waals surface area contributed by atoms with Gasteiger partial charge in [0.2, 0.25) is 0 Å². The van der Waals surface area contributed by atoms with Gasteiger partial charge in [0, 0.05) is 17.1 Å². The van der Waals surface area contributed by atoms with Gasteiger partial charge in [0.1, 0.15) is 0 Å². The van der Waals surface area contributed by atoms with E-state index >= 15 is 0 Å². The molecule has 0 heterocycles. The van der Waals surface area contributed by atoms with Crippen molar-refractivity contribution in [3.63, 3.8) is 0 Å². The Balaban J connectivity index is 1.29. The number of para-hydroxylation sites is 1. The highest BCUT2D eigenvalue weighted by atomic mass is 15.1. The number of fused-ring (bicyclic) bond motifs is 1. The molecule has 0 spiro atoms. The van der Waals surface area contributed by atoms with Crippen molar-refractivity contribution in [2.75, 3.05) is 4.90 Å². The van der Waals surface area contributed by atoms with E-state index in [0.717, 1.165) is 50.1 Å². The molecule has 0 saturated heterocycles. The van der Waals surface area contributed by atoms with Crippen molar-refractivity contribution in [3.8, 4) is 6.07 Å². The predicted molar refractivity (Wildman–Crippen MR) is 190 cm³/mol. The summed E-state index contributed by atoms with van der Waals surface area (Å²) in [5.74, 6) is 0. The highest BCUT2D eigenvalue weighted by molar-refractivity contribution is 6.01. The molecule has 6 aromatic rings. The molecule has 0 aliphatic rings. The summed E-state index contributed by atoms with van der Waals surface area (Å²) >= 11 is 0. The normalized spacial score (nSPS) is 11.1. The lowest BCUT2D eigenvalue weighted by Gasteiger charge is -2.25. The Morgan fingerprint density at radius 3 is 1.60 bits per heavy atom. The topological polar surface area (TPSA) is 31.4 Å². The lowest BCUT2D eigenvalue weighted by atomic mass is 9.97. The summed E-state index contributed by atoms with van der Waals surface area (Å²) in [7, 11) is 0. The number of hydrogen-bond acceptors (Lipinski definition) is 2. The van der Waals surface area contributed by atoms with E-state index in [4.69, 9.17) is 6.57 Å². The number of hydrogen-bond donors (Lipinski definition) is 0. The van der Waals surface area contributed by atoms with Gasteiger partial charge >= 0.3 is 0 Å². The van der Waals surface area contributed by atoms with Crippen molar-refractivity contribution in [1.29, 1.82) is 5.26 Å². The van der Waals surface area contributed by atoms with Gasteiger partial charge in [0.25, 0.3) is 0 Å². The highest BCUT2D eigenvalue weighted by Gasteiger charge is 2.12. The van der Waals surface area contributed by atoms with E-state index in [9.17, 15) is 5.26 Å². The van der Waals surface area contributed by atoms with Gasteiger partial charge in [0.15, 0.2) is 5.69 Å². The second kappa shape index (κ2) is 13.0. The quantitative estimate of drug-likeness (QED) is 0.140. The van der Waals surface area contributed by atoms with Crippen molar-refractivity contribution in [1.82, 2.24) is 0 Å². The lowest BCUT2D eigenvalue weighted by Crippen LogP contribution is -2.09. The summed E-state index contributed by atoms with van der Waals surface area (Å²) in [5.41, 5.74) is 10.7. The van der Waals surface area contributed by atoms with Crippen LogP contribution in [0, 0.1) is 31.8 Å². The maximum atomic E-state index is 10.0. The third-order valence-electron chi connectivity index (χ3n) is 7.81. The van der Waals surface area contributed by atoms with Crippen LogP contribution < -0.4 is 4.90 Å². The van der Waals surface area contributed by atoms with Crippen molar-refractivity contribution >= 4 is 57.8 Å². The SMILES string of the molecule is [C-]#[N+]c1cc(/C=C/c2ccc(C)cc2)cc2c(C#N)cc(/C=C/c3ccc(N(c4ccccc4)c4ccc(C)cc4)cc3)cc12. The molecule has 6 rings (SSSR count). The first-order valence-corrected chi connectivity index (χ1v) is 14.8. The molecule has 3 heteroatoms. The van der Waals surface area contributed by atoms with Crippen LogP contribution in [0.25, 0.3) is 39.9 Å². The number of anilines is 3. The smallest absolute Gasteiger partial charge is 0.195 e. The second-order valence-corrected chi connectivity index (χ2v) is 11.1. The molecule has 3 nitrogen and oxygen atoms in total. The van der Waals surface area contributed by atoms with Gasteiger partial charge in [-0.1, -0.05) is 108 Å². The zero-order chi connectivity index (χ0) is 31.2. The molecule has 0 amide bonds. The van der Waals surface area contributed by atoms with Gasteiger partial charge in [-0.2, -0.15) is 5.26 Å². The molecular formula is C42H31N3. The number of nitriles is 1. The van der Waals surface area contributed by atoms with Crippen LogP contribution in [0.2, 0.25) is 0 Å². The summed E-state index contributed by atoms with van der Waals surface area (Å²) in [5, 5.41) is 11.6. The number of rotatable bonds is 7. The second-order valence-electron chi connectivity index (χ2n) is 11.1. The minimum Gasteiger partial charge on any atom is -0.311 e. The van der Waals surface area contributed by atoms with E-state index in [2.05, 4.69) is 127 Å². The van der Waals surface area contributed by atoms with Crippen LogP contribution in [-0.4, -0.2) is 0 Å². The average molecular weight is 578 g/mol. The third-order valence-corrected chi connectivity index (χ3v) is 7.81. The Hall–Kier alpha value is -6.16. The molecule has 0 bridgehead atoms. The maximum Gasteiger partial charge on any atom is 0.195 e. The van der Waals surface area contributed by atoms with Crippen molar-refractivity contribution < 1.29 is 0 Å². The van der Waals surface area contributed by atoms with Crippen LogP contribution in [0.4, 0.5) is 22.7 Å². The Bertz CT molecular complexity index is 2110. The predicted octanol–water partition coefficient (Wildman–Crippen LogP) is 11.7. The minimum absolute atomic E-state index is 0.532. The van der Waals surface area contributed by atoms with E-state index in [1.54, 1.807) is 0 Å². The Morgan fingerprint density at radius 1 is 0.556 bits per heavy atom. The van der Waals surface area contributed by atoms with E-state index < -0.39 is 0 Å². The number of nitrogens with zero attached hydrogens (tertiary/aromatic N) is 3. The Morgan fingerprint density at radius 2 is 1.02 bits per heavy atom. The first-order valence-electron chi connectivity index (χ1n) is 14.8. The number of aryl methyl sites for hydroxylation is 2. The van der Waals surface area contributed by atoms with Gasteiger partial charge in [-0.25, -0.2) is 4.85 Å². The van der Waals surface area contributed by atoms with Crippen molar-refractivity contribution in [3.05, 3.63) is 178 Å². The van der Waals surface area contributed by atoms with Gasteiger partial charge in [-0.05, 0) is 101 Å². The first-order chi connectivity index (χ1) is 22.0. The minimum atomic E-state index is 0.532. The van der Waals surface area contributed by atoms with Crippen LogP contribution in [-0.2, 0) is 0 Å². The van der Waals surface area contributed by atoms with Crippen LogP contribution in [0.5, 0.6) is 0 Å². The Kier molecular flexibility index (Phi) is 8.36. The van der Waals surface area contributed by atoms with Crippen molar-refractivity contribution in [2.24, 2.45) is 0 Å². The van der Waals surface area contributed by atoms with Crippen LogP contribution in [0.15, 0.2) is 127 Å². The molecule has 0 aromatic heterocycles. The Labute approximate surface area is 265 Å². The third kappa shape index (κ3) is 6.60. The molecule has 6 aromatic carbocycles. The largest absolute Gasteiger partial charge is 0.311 e. The van der Waals surface area contributed by atoms with Gasteiger partial charge < -0.3 is 4.90 Å². The molecule has 0 unspecified atom stereocenters. The fourth-order valence-electron chi connectivity index (χ4n) is 5.38. The van der Waals surface area contributed by atoms with Crippen LogP contribution in [0.3, 0.4) is 0 Å². The van der Waals surface area contributed by atoms with Gasteiger partial charge in [0.05, 0.1) is 18.2 Å². The van der Waals surface area contributed by atoms with E-state index in [0.29, 0.717) is 11.3 Å². The van der Waals surface area contributed by atoms with E-state index in [1.807, 2.05) is 54.6 Å². The summed E-state index contributed by atoms with van der Waals surface area (Å²) in [6.45, 7) is 12.0. The molecule has 0 atom stereocenters. The molecule has 0 N–H and O–H groups in total. The monoisotopic (exact) mass is 577 g/mol. The van der Waals surface area contributed by atoms with E-state index in [-0.39, 0.29) is 0 Å². The van der Waals surface area contributed by atoms with Gasteiger partial charge in [-0.3, -0.25) is 0 Å². The van der Waals surface area contributed by atoms with Crippen LogP contribution in [0.1, 0.15) is 38.9 Å². The molecular weight excluding hydrogens is 546 g/mol. The molecule has 45 heavy (non-hydrogen) atoms. The molecule has 0 aliphatic carbocycles. The zero-order valence-corrected chi connectivity index (χ0v) is 25.3. The number of benzene rings is 6. The highest BCUT2D eigenvalue weighted by Crippen LogP contribution is 2.35. The molecule has 214 valence electrons. The van der Waals surface area contributed by atoms with Gasteiger partial charge in [-0.15, -0.1) is 0 Å². The summed E-state index contributed by atoms with van der Waals surface area (Å²) in [4.78, 5) is 6.06. The molecule has 0 aliphatic heterocycles. The summed E-state index contributed by atoms with van der Waals surface area (Å²) in [6.07, 6.45) is 8.07. The molecule has 0 radical (unpaired) electrons. The fourth-order valence-corrected chi connectivity index (χ4v) is 5.38. The summed E-state index contributed by atoms with van der Waals surface area (Å²) < 4.78 is 0. The average Bonchev–Trinajstić information content (AvgIpc) is 3.08. The maximum absolute atomic E-state index is 10.0. The van der Waals surface area contributed by atoms with Crippen molar-refractivity contribution in [2.45, 2.75) is 13.8 Å². The molecule has 0 fully saturated rings. The lowest BCUT2D eigenvalue weighted by molar-refractivity contribution is 1.27. The standard InChI is InChI=1S/C42H31N3/c1-30-9-13-32(14-10-30)16-18-35-26-40-36(29-43)25-34(27-41(40)42(28-35)44-3)17-15-33-19-23-39(24-20-33)45(37-7-5-4-6-8-37)38-21-11-31(2)12-22-38/h4-28H,1-2H3/b17-15+,18-16+. The fraction of sp³-hybridized carbons (Fsp3) is 0.0476. The van der Waals surface area contributed by atoms with Crippen LogP contribution >= 0.6 is 0 Å². The molecule has 0 saturated carbocycles.